The van der Waals surface area contributed by atoms with E-state index in [-0.39, 0.29) is 5.41 Å². The van der Waals surface area contributed by atoms with Gasteiger partial charge in [-0.3, -0.25) is 4.79 Å². The average Bonchev–Trinajstić information content (AvgIpc) is 2.17. The molecule has 0 unspecified atom stereocenters. The number of aryl methyl sites for hydroxylation is 1. The van der Waals surface area contributed by atoms with Crippen LogP contribution in [-0.4, -0.2) is 5.78 Å². The number of Topliss-reactive ketones (excluding diaryl/α,β-unsaturated/α-hetero) is 1. The first-order chi connectivity index (χ1) is 6.50. The van der Waals surface area contributed by atoms with Gasteiger partial charge in [0.25, 0.3) is 0 Å². The monoisotopic (exact) mass is 190 g/mol. The topological polar surface area (TPSA) is 17.1 Å². The van der Waals surface area contributed by atoms with Crippen LogP contribution in [0.4, 0.5) is 0 Å². The zero-order valence-corrected chi connectivity index (χ0v) is 9.42. The smallest absolute Gasteiger partial charge is 0.142 e. The van der Waals surface area contributed by atoms with Crippen LogP contribution < -0.4 is 0 Å². The van der Waals surface area contributed by atoms with Crippen molar-refractivity contribution in [3.8, 4) is 0 Å². The van der Waals surface area contributed by atoms with E-state index < -0.39 is 0 Å². The van der Waals surface area contributed by atoms with E-state index in [9.17, 15) is 4.79 Å². The van der Waals surface area contributed by atoms with Crippen molar-refractivity contribution in [2.24, 2.45) is 0 Å². The lowest BCUT2D eigenvalue weighted by molar-refractivity contribution is -0.123. The molecule has 0 aliphatic carbocycles. The highest BCUT2D eigenvalue weighted by atomic mass is 16.1. The summed E-state index contributed by atoms with van der Waals surface area (Å²) in [7, 11) is 0. The lowest BCUT2D eigenvalue weighted by Crippen LogP contribution is -2.29. The Kier molecular flexibility index (Phi) is 3.10. The van der Waals surface area contributed by atoms with E-state index in [4.69, 9.17) is 0 Å². The van der Waals surface area contributed by atoms with E-state index in [1.165, 1.54) is 5.56 Å². The molecule has 0 bridgehead atoms. The van der Waals surface area contributed by atoms with Crippen LogP contribution in [-0.2, 0) is 10.2 Å². The molecule has 1 aromatic rings. The van der Waals surface area contributed by atoms with Gasteiger partial charge in [-0.1, -0.05) is 31.2 Å². The van der Waals surface area contributed by atoms with E-state index >= 15 is 0 Å². The minimum absolute atomic E-state index is 0.298. The van der Waals surface area contributed by atoms with Crippen molar-refractivity contribution in [3.63, 3.8) is 0 Å². The highest BCUT2D eigenvalue weighted by Gasteiger charge is 2.28. The molecule has 0 fully saturated rings. The SMILES string of the molecule is CCC(=O)C(C)(C)c1ccccc1C. The summed E-state index contributed by atoms with van der Waals surface area (Å²) in [6.07, 6.45) is 0.599. The molecule has 1 rings (SSSR count). The molecule has 76 valence electrons. The summed E-state index contributed by atoms with van der Waals surface area (Å²) in [4.78, 5) is 11.8. The van der Waals surface area contributed by atoms with Gasteiger partial charge in [-0.25, -0.2) is 0 Å². The Morgan fingerprint density at radius 1 is 1.29 bits per heavy atom. The van der Waals surface area contributed by atoms with Gasteiger partial charge < -0.3 is 0 Å². The van der Waals surface area contributed by atoms with Gasteiger partial charge in [0, 0.05) is 11.8 Å². The fourth-order valence-electron chi connectivity index (χ4n) is 1.87. The first-order valence-electron chi connectivity index (χ1n) is 5.09. The van der Waals surface area contributed by atoms with Gasteiger partial charge >= 0.3 is 0 Å². The second-order valence-electron chi connectivity index (χ2n) is 4.22. The maximum Gasteiger partial charge on any atom is 0.142 e. The van der Waals surface area contributed by atoms with Crippen LogP contribution in [0, 0.1) is 6.92 Å². The van der Waals surface area contributed by atoms with Crippen LogP contribution in [0.15, 0.2) is 24.3 Å². The number of hydrogen-bond acceptors (Lipinski definition) is 1. The molecule has 0 amide bonds. The molecule has 0 spiro atoms. The summed E-state index contributed by atoms with van der Waals surface area (Å²) in [5, 5.41) is 0. The van der Waals surface area contributed by atoms with Crippen LogP contribution in [0.25, 0.3) is 0 Å². The maximum atomic E-state index is 11.8. The minimum Gasteiger partial charge on any atom is -0.299 e. The number of carbonyl (C=O) groups excluding carboxylic acids is 1. The van der Waals surface area contributed by atoms with E-state index in [1.807, 2.05) is 39.0 Å². The molecule has 1 aromatic carbocycles. The van der Waals surface area contributed by atoms with Crippen molar-refractivity contribution >= 4 is 5.78 Å². The molecule has 1 nitrogen and oxygen atoms in total. The number of rotatable bonds is 3. The summed E-state index contributed by atoms with van der Waals surface area (Å²) in [6.45, 7) is 7.98. The summed E-state index contributed by atoms with van der Waals surface area (Å²) in [6, 6.07) is 8.10. The van der Waals surface area contributed by atoms with Crippen LogP contribution >= 0.6 is 0 Å². The highest BCUT2D eigenvalue weighted by molar-refractivity contribution is 5.89. The van der Waals surface area contributed by atoms with Crippen LogP contribution in [0.3, 0.4) is 0 Å². The Bertz CT molecular complexity index is 337. The molecule has 0 atom stereocenters. The number of ketones is 1. The summed E-state index contributed by atoms with van der Waals surface area (Å²) < 4.78 is 0. The normalized spacial score (nSPS) is 11.4. The Labute approximate surface area is 86.1 Å². The molecule has 0 heterocycles. The summed E-state index contributed by atoms with van der Waals surface area (Å²) >= 11 is 0. The third kappa shape index (κ3) is 1.87. The van der Waals surface area contributed by atoms with Gasteiger partial charge in [0.2, 0.25) is 0 Å². The predicted molar refractivity (Wildman–Crippen MR) is 59.5 cm³/mol. The zero-order valence-electron chi connectivity index (χ0n) is 9.42. The molecule has 14 heavy (non-hydrogen) atoms. The largest absolute Gasteiger partial charge is 0.299 e. The fraction of sp³-hybridized carbons (Fsp3) is 0.462. The zero-order chi connectivity index (χ0) is 10.8. The van der Waals surface area contributed by atoms with Crippen molar-refractivity contribution < 1.29 is 4.79 Å². The Morgan fingerprint density at radius 2 is 1.86 bits per heavy atom. The van der Waals surface area contributed by atoms with E-state index in [2.05, 4.69) is 13.0 Å². The molecule has 0 saturated carbocycles. The summed E-state index contributed by atoms with van der Waals surface area (Å²) in [5.41, 5.74) is 1.99. The molecule has 0 N–H and O–H groups in total. The summed E-state index contributed by atoms with van der Waals surface area (Å²) in [5.74, 6) is 0.298. The molecule has 0 radical (unpaired) electrons. The second kappa shape index (κ2) is 3.95. The van der Waals surface area contributed by atoms with Gasteiger partial charge in [-0.2, -0.15) is 0 Å². The van der Waals surface area contributed by atoms with E-state index in [1.54, 1.807) is 0 Å². The van der Waals surface area contributed by atoms with Crippen molar-refractivity contribution in [2.45, 2.75) is 39.5 Å². The van der Waals surface area contributed by atoms with Gasteiger partial charge in [-0.05, 0) is 31.9 Å². The van der Waals surface area contributed by atoms with Gasteiger partial charge in [0.15, 0.2) is 0 Å². The first-order valence-corrected chi connectivity index (χ1v) is 5.09. The quantitative estimate of drug-likeness (QED) is 0.715. The molecular weight excluding hydrogens is 172 g/mol. The van der Waals surface area contributed by atoms with Crippen molar-refractivity contribution in [1.82, 2.24) is 0 Å². The molecule has 0 aliphatic heterocycles. The number of hydrogen-bond donors (Lipinski definition) is 0. The minimum atomic E-state index is -0.347. The van der Waals surface area contributed by atoms with Crippen molar-refractivity contribution in [1.29, 1.82) is 0 Å². The molecule has 0 aromatic heterocycles. The van der Waals surface area contributed by atoms with Crippen LogP contribution in [0.2, 0.25) is 0 Å². The fourth-order valence-corrected chi connectivity index (χ4v) is 1.87. The van der Waals surface area contributed by atoms with Gasteiger partial charge in [0.1, 0.15) is 5.78 Å². The Hall–Kier alpha value is -1.11. The average molecular weight is 190 g/mol. The molecule has 0 aliphatic rings. The maximum absolute atomic E-state index is 11.8. The number of carbonyl (C=O) groups is 1. The molecule has 0 saturated heterocycles. The standard InChI is InChI=1S/C13H18O/c1-5-12(14)13(3,4)11-9-7-6-8-10(11)2/h6-9H,5H2,1-4H3. The Balaban J connectivity index is 3.16. The lowest BCUT2D eigenvalue weighted by Gasteiger charge is -2.24. The van der Waals surface area contributed by atoms with Gasteiger partial charge in [0.05, 0.1) is 0 Å². The predicted octanol–water partition coefficient (Wildman–Crippen LogP) is 3.25. The number of benzene rings is 1. The van der Waals surface area contributed by atoms with Crippen molar-refractivity contribution in [3.05, 3.63) is 35.4 Å². The van der Waals surface area contributed by atoms with Crippen molar-refractivity contribution in [2.75, 3.05) is 0 Å². The van der Waals surface area contributed by atoms with E-state index in [0.29, 0.717) is 12.2 Å². The molecule has 1 heteroatoms. The highest BCUT2D eigenvalue weighted by Crippen LogP contribution is 2.27. The molecular formula is C13H18O. The first kappa shape index (κ1) is 11.0. The lowest BCUT2D eigenvalue weighted by atomic mass is 9.78. The van der Waals surface area contributed by atoms with Crippen LogP contribution in [0.1, 0.15) is 38.3 Å². The van der Waals surface area contributed by atoms with Crippen LogP contribution in [0.5, 0.6) is 0 Å². The third-order valence-corrected chi connectivity index (χ3v) is 2.84. The third-order valence-electron chi connectivity index (χ3n) is 2.84. The van der Waals surface area contributed by atoms with Gasteiger partial charge in [-0.15, -0.1) is 0 Å². The Morgan fingerprint density at radius 3 is 2.36 bits per heavy atom. The van der Waals surface area contributed by atoms with E-state index in [0.717, 1.165) is 5.56 Å². The second-order valence-corrected chi connectivity index (χ2v) is 4.22.